The van der Waals surface area contributed by atoms with Gasteiger partial charge in [-0.05, 0) is 12.5 Å². The van der Waals surface area contributed by atoms with Crippen LogP contribution in [0.25, 0.3) is 0 Å². The van der Waals surface area contributed by atoms with Crippen molar-refractivity contribution in [2.24, 2.45) is 11.8 Å². The molecule has 1 aliphatic rings. The lowest BCUT2D eigenvalue weighted by Gasteiger charge is -2.22. The standard InChI is InChI=1S/C10H12O4S2/c1-15-7-3-5(9(11)12)6(10(13)14)4-8(7)16-2/h3-6H,1-2H3,(H,11,12)(H,13,14). The van der Waals surface area contributed by atoms with Crippen LogP contribution in [0.3, 0.4) is 0 Å². The molecule has 0 fully saturated rings. The minimum atomic E-state index is -1.10. The molecule has 16 heavy (non-hydrogen) atoms. The average molecular weight is 260 g/mol. The molecule has 1 aliphatic carbocycles. The number of carboxylic acids is 2. The third-order valence-corrected chi connectivity index (χ3v) is 4.02. The lowest BCUT2D eigenvalue weighted by Crippen LogP contribution is -2.29. The highest BCUT2D eigenvalue weighted by atomic mass is 32.2. The van der Waals surface area contributed by atoms with E-state index in [0.29, 0.717) is 0 Å². The van der Waals surface area contributed by atoms with Crippen molar-refractivity contribution in [3.8, 4) is 0 Å². The Kier molecular flexibility index (Phi) is 4.49. The van der Waals surface area contributed by atoms with Gasteiger partial charge in [0.2, 0.25) is 0 Å². The second kappa shape index (κ2) is 5.45. The van der Waals surface area contributed by atoms with Crippen LogP contribution in [0, 0.1) is 11.8 Å². The Hall–Kier alpha value is -0.880. The lowest BCUT2D eigenvalue weighted by molar-refractivity contribution is -0.149. The average Bonchev–Trinajstić information content (AvgIpc) is 2.26. The van der Waals surface area contributed by atoms with Crippen molar-refractivity contribution in [3.63, 3.8) is 0 Å². The van der Waals surface area contributed by atoms with E-state index in [0.717, 1.165) is 9.81 Å². The van der Waals surface area contributed by atoms with Crippen LogP contribution in [0.1, 0.15) is 0 Å². The summed E-state index contributed by atoms with van der Waals surface area (Å²) in [5.41, 5.74) is 0. The Morgan fingerprint density at radius 3 is 1.50 bits per heavy atom. The predicted molar refractivity (Wildman–Crippen MR) is 65.4 cm³/mol. The highest BCUT2D eigenvalue weighted by Gasteiger charge is 2.34. The number of hydrogen-bond acceptors (Lipinski definition) is 4. The monoisotopic (exact) mass is 260 g/mol. The zero-order valence-electron chi connectivity index (χ0n) is 8.84. The van der Waals surface area contributed by atoms with Gasteiger partial charge in [0.25, 0.3) is 0 Å². The molecule has 88 valence electrons. The molecule has 0 aromatic heterocycles. The molecule has 0 saturated carbocycles. The Morgan fingerprint density at radius 2 is 1.31 bits per heavy atom. The summed E-state index contributed by atoms with van der Waals surface area (Å²) in [7, 11) is 0. The van der Waals surface area contributed by atoms with Crippen molar-refractivity contribution >= 4 is 35.5 Å². The van der Waals surface area contributed by atoms with Crippen molar-refractivity contribution in [1.29, 1.82) is 0 Å². The molecular weight excluding hydrogens is 248 g/mol. The first-order valence-electron chi connectivity index (χ1n) is 4.48. The molecule has 0 amide bonds. The minimum absolute atomic E-state index is 0.831. The van der Waals surface area contributed by atoms with E-state index >= 15 is 0 Å². The van der Waals surface area contributed by atoms with Crippen LogP contribution < -0.4 is 0 Å². The van der Waals surface area contributed by atoms with E-state index in [4.69, 9.17) is 10.2 Å². The molecule has 0 aliphatic heterocycles. The van der Waals surface area contributed by atoms with Gasteiger partial charge in [-0.1, -0.05) is 12.2 Å². The van der Waals surface area contributed by atoms with Gasteiger partial charge in [-0.3, -0.25) is 9.59 Å². The summed E-state index contributed by atoms with van der Waals surface area (Å²) in [5.74, 6) is -4.16. The first kappa shape index (κ1) is 13.2. The summed E-state index contributed by atoms with van der Waals surface area (Å²) < 4.78 is 0. The second-order valence-electron chi connectivity index (χ2n) is 3.20. The molecule has 4 nitrogen and oxygen atoms in total. The maximum Gasteiger partial charge on any atom is 0.311 e. The minimum Gasteiger partial charge on any atom is -0.481 e. The van der Waals surface area contributed by atoms with Gasteiger partial charge >= 0.3 is 11.9 Å². The molecule has 6 heteroatoms. The maximum atomic E-state index is 11.0. The highest BCUT2D eigenvalue weighted by molar-refractivity contribution is 8.07. The maximum absolute atomic E-state index is 11.0. The molecular formula is C10H12O4S2. The predicted octanol–water partition coefficient (Wildman–Crippen LogP) is 1.90. The van der Waals surface area contributed by atoms with E-state index in [1.165, 1.54) is 35.7 Å². The molecule has 2 atom stereocenters. The summed E-state index contributed by atoms with van der Waals surface area (Å²) in [6.07, 6.45) is 6.74. The van der Waals surface area contributed by atoms with Gasteiger partial charge in [-0.2, -0.15) is 0 Å². The first-order chi connectivity index (χ1) is 7.51. The molecule has 0 saturated heterocycles. The molecule has 0 aromatic carbocycles. The molecule has 1 rings (SSSR count). The van der Waals surface area contributed by atoms with Crippen molar-refractivity contribution in [2.45, 2.75) is 0 Å². The van der Waals surface area contributed by atoms with Crippen LogP contribution in [-0.4, -0.2) is 34.7 Å². The Labute approximate surface area is 102 Å². The van der Waals surface area contributed by atoms with Crippen molar-refractivity contribution in [3.05, 3.63) is 22.0 Å². The Balaban J connectivity index is 3.12. The fourth-order valence-corrected chi connectivity index (χ4v) is 3.09. The van der Waals surface area contributed by atoms with Crippen LogP contribution in [0.4, 0.5) is 0 Å². The molecule has 0 radical (unpaired) electrons. The molecule has 2 unspecified atom stereocenters. The summed E-state index contributed by atoms with van der Waals surface area (Å²) in [5, 5.41) is 18.0. The summed E-state index contributed by atoms with van der Waals surface area (Å²) >= 11 is 2.86. The van der Waals surface area contributed by atoms with Gasteiger partial charge in [-0.15, -0.1) is 23.5 Å². The number of aliphatic carboxylic acids is 2. The summed E-state index contributed by atoms with van der Waals surface area (Å²) in [4.78, 5) is 23.6. The number of carbonyl (C=O) groups is 2. The zero-order valence-corrected chi connectivity index (χ0v) is 10.5. The SMILES string of the molecule is CSC1=CC(C(=O)O)C(C(=O)O)C=C1SC. The lowest BCUT2D eigenvalue weighted by atomic mass is 9.88. The topological polar surface area (TPSA) is 74.6 Å². The zero-order chi connectivity index (χ0) is 12.3. The van der Waals surface area contributed by atoms with Gasteiger partial charge < -0.3 is 10.2 Å². The van der Waals surface area contributed by atoms with Crippen molar-refractivity contribution < 1.29 is 19.8 Å². The fourth-order valence-electron chi connectivity index (χ4n) is 1.48. The quantitative estimate of drug-likeness (QED) is 0.804. The summed E-state index contributed by atoms with van der Waals surface area (Å²) in [6, 6.07) is 0. The molecule has 2 N–H and O–H groups in total. The van der Waals surface area contributed by atoms with Crippen LogP contribution in [0.2, 0.25) is 0 Å². The van der Waals surface area contributed by atoms with Crippen LogP contribution >= 0.6 is 23.5 Å². The Morgan fingerprint density at radius 1 is 1.00 bits per heavy atom. The highest BCUT2D eigenvalue weighted by Crippen LogP contribution is 2.38. The van der Waals surface area contributed by atoms with Gasteiger partial charge in [0.1, 0.15) is 0 Å². The van der Waals surface area contributed by atoms with E-state index in [1.807, 2.05) is 12.5 Å². The Bertz CT molecular complexity index is 337. The number of rotatable bonds is 4. The fraction of sp³-hybridized carbons (Fsp3) is 0.400. The van der Waals surface area contributed by atoms with E-state index in [-0.39, 0.29) is 0 Å². The third kappa shape index (κ3) is 2.62. The summed E-state index contributed by atoms with van der Waals surface area (Å²) in [6.45, 7) is 0. The van der Waals surface area contributed by atoms with Crippen molar-refractivity contribution in [1.82, 2.24) is 0 Å². The van der Waals surface area contributed by atoms with Gasteiger partial charge in [0.15, 0.2) is 0 Å². The third-order valence-electron chi connectivity index (χ3n) is 2.30. The van der Waals surface area contributed by atoms with Crippen LogP contribution in [0.5, 0.6) is 0 Å². The number of thioether (sulfide) groups is 2. The normalized spacial score (nSPS) is 24.6. The smallest absolute Gasteiger partial charge is 0.311 e. The molecule has 0 aromatic rings. The number of hydrogen-bond donors (Lipinski definition) is 2. The largest absolute Gasteiger partial charge is 0.481 e. The second-order valence-corrected chi connectivity index (χ2v) is 4.89. The van der Waals surface area contributed by atoms with Crippen molar-refractivity contribution in [2.75, 3.05) is 12.5 Å². The van der Waals surface area contributed by atoms with Gasteiger partial charge in [-0.25, -0.2) is 0 Å². The van der Waals surface area contributed by atoms with Gasteiger partial charge in [0.05, 0.1) is 11.8 Å². The number of carboxylic acid groups (broad SMARTS) is 2. The first-order valence-corrected chi connectivity index (χ1v) is 6.93. The van der Waals surface area contributed by atoms with E-state index in [9.17, 15) is 9.59 Å². The molecule has 0 spiro atoms. The molecule has 0 bridgehead atoms. The van der Waals surface area contributed by atoms with E-state index < -0.39 is 23.8 Å². The van der Waals surface area contributed by atoms with Gasteiger partial charge in [0, 0.05) is 9.81 Å². The van der Waals surface area contributed by atoms with Crippen LogP contribution in [-0.2, 0) is 9.59 Å². The van der Waals surface area contributed by atoms with E-state index in [1.54, 1.807) is 0 Å². The van der Waals surface area contributed by atoms with Crippen LogP contribution in [0.15, 0.2) is 22.0 Å². The molecule has 0 heterocycles. The van der Waals surface area contributed by atoms with E-state index in [2.05, 4.69) is 0 Å².